The Balaban J connectivity index is 1.28. The first-order valence-corrected chi connectivity index (χ1v) is 11.2. The fraction of sp³-hybridized carbons (Fsp3) is 0.435. The normalized spacial score (nSPS) is 18.7. The number of para-hydroxylation sites is 2. The molecule has 1 aromatic heterocycles. The number of benzene rings is 2. The Morgan fingerprint density at radius 1 is 0.839 bits per heavy atom. The number of amides is 1. The fourth-order valence-electron chi connectivity index (χ4n) is 4.31. The first kappa shape index (κ1) is 20.6. The zero-order valence-corrected chi connectivity index (χ0v) is 18.2. The highest BCUT2D eigenvalue weighted by Crippen LogP contribution is 2.25. The van der Waals surface area contributed by atoms with Crippen LogP contribution in [-0.4, -0.2) is 96.1 Å². The molecule has 0 spiro atoms. The van der Waals surface area contributed by atoms with Crippen LogP contribution in [0.5, 0.6) is 0 Å². The van der Waals surface area contributed by atoms with Gasteiger partial charge in [-0.15, -0.1) is 0 Å². The number of morpholine rings is 1. The number of hydrogen-bond acceptors (Lipinski definition) is 6. The van der Waals surface area contributed by atoms with E-state index in [0.29, 0.717) is 27.1 Å². The Hall–Kier alpha value is -2.32. The van der Waals surface area contributed by atoms with Gasteiger partial charge in [-0.3, -0.25) is 14.6 Å². The predicted octanol–water partition coefficient (Wildman–Crippen LogP) is 2.53. The minimum atomic E-state index is 0.0131. The third-order valence-electron chi connectivity index (χ3n) is 6.17. The lowest BCUT2D eigenvalue weighted by atomic mass is 10.1. The molecule has 2 aliphatic rings. The number of rotatable bonds is 4. The highest BCUT2D eigenvalue weighted by atomic mass is 35.5. The van der Waals surface area contributed by atoms with Crippen LogP contribution in [0.25, 0.3) is 22.1 Å². The SMILES string of the molecule is O=C(c1cccc2nc3cccc(Cl)c3nc12)N1CCN(CCN2CCOCC2)CC1. The summed E-state index contributed by atoms with van der Waals surface area (Å²) in [5, 5.41) is 0.544. The second-order valence-electron chi connectivity index (χ2n) is 8.09. The monoisotopic (exact) mass is 439 g/mol. The molecule has 0 N–H and O–H groups in total. The lowest BCUT2D eigenvalue weighted by Crippen LogP contribution is -2.51. The van der Waals surface area contributed by atoms with Crippen molar-refractivity contribution in [2.75, 3.05) is 65.6 Å². The maximum absolute atomic E-state index is 13.3. The van der Waals surface area contributed by atoms with Crippen molar-refractivity contribution in [2.24, 2.45) is 0 Å². The molecule has 0 aliphatic carbocycles. The van der Waals surface area contributed by atoms with Gasteiger partial charge in [0.25, 0.3) is 5.91 Å². The van der Waals surface area contributed by atoms with E-state index in [1.54, 1.807) is 6.07 Å². The van der Waals surface area contributed by atoms with Gasteiger partial charge in [-0.05, 0) is 24.3 Å². The zero-order chi connectivity index (χ0) is 21.2. The molecule has 0 saturated carbocycles. The molecule has 7 nitrogen and oxygen atoms in total. The molecular formula is C23H26ClN5O2. The molecular weight excluding hydrogens is 414 g/mol. The van der Waals surface area contributed by atoms with Gasteiger partial charge in [-0.25, -0.2) is 9.97 Å². The molecule has 1 amide bonds. The number of carbonyl (C=O) groups is 1. The number of aromatic nitrogens is 2. The summed E-state index contributed by atoms with van der Waals surface area (Å²) in [6, 6.07) is 11.1. The van der Waals surface area contributed by atoms with Gasteiger partial charge in [-0.1, -0.05) is 23.7 Å². The van der Waals surface area contributed by atoms with Crippen LogP contribution < -0.4 is 0 Å². The van der Waals surface area contributed by atoms with Crippen molar-refractivity contribution in [1.82, 2.24) is 24.7 Å². The molecule has 2 saturated heterocycles. The van der Waals surface area contributed by atoms with E-state index in [1.807, 2.05) is 35.2 Å². The third kappa shape index (κ3) is 4.36. The van der Waals surface area contributed by atoms with Crippen LogP contribution in [0, 0.1) is 0 Å². The molecule has 0 atom stereocenters. The Morgan fingerprint density at radius 2 is 1.48 bits per heavy atom. The minimum absolute atomic E-state index is 0.0131. The van der Waals surface area contributed by atoms with Crippen molar-refractivity contribution < 1.29 is 9.53 Å². The smallest absolute Gasteiger partial charge is 0.256 e. The lowest BCUT2D eigenvalue weighted by Gasteiger charge is -2.36. The van der Waals surface area contributed by atoms with E-state index in [4.69, 9.17) is 21.3 Å². The Bertz CT molecular complexity index is 1090. The molecule has 2 aromatic carbocycles. The third-order valence-corrected chi connectivity index (χ3v) is 6.48. The maximum atomic E-state index is 13.3. The Morgan fingerprint density at radius 3 is 2.23 bits per heavy atom. The average Bonchev–Trinajstić information content (AvgIpc) is 2.82. The second kappa shape index (κ2) is 9.04. The average molecular weight is 440 g/mol. The number of halogens is 1. The number of piperazine rings is 1. The first-order chi connectivity index (χ1) is 15.2. The van der Waals surface area contributed by atoms with Gasteiger partial charge in [-0.2, -0.15) is 0 Å². The molecule has 0 radical (unpaired) electrons. The molecule has 2 aliphatic heterocycles. The first-order valence-electron chi connectivity index (χ1n) is 10.9. The van der Waals surface area contributed by atoms with Crippen molar-refractivity contribution in [3.8, 4) is 0 Å². The summed E-state index contributed by atoms with van der Waals surface area (Å²) in [4.78, 5) is 29.5. The molecule has 162 valence electrons. The van der Waals surface area contributed by atoms with E-state index in [9.17, 15) is 4.79 Å². The lowest BCUT2D eigenvalue weighted by molar-refractivity contribution is 0.0293. The van der Waals surface area contributed by atoms with Gasteiger partial charge in [0.15, 0.2) is 0 Å². The van der Waals surface area contributed by atoms with Crippen LogP contribution in [0.3, 0.4) is 0 Å². The van der Waals surface area contributed by atoms with Crippen molar-refractivity contribution >= 4 is 39.6 Å². The number of hydrogen-bond donors (Lipinski definition) is 0. The standard InChI is InChI=1S/C23H26ClN5O2/c24-18-4-2-6-20-22(18)26-21-17(3-1-5-19(21)25-20)23(30)29-11-9-27(10-12-29)7-8-28-13-15-31-16-14-28/h1-6H,7-16H2. The van der Waals surface area contributed by atoms with Gasteiger partial charge in [0.2, 0.25) is 0 Å². The van der Waals surface area contributed by atoms with E-state index in [1.165, 1.54) is 0 Å². The van der Waals surface area contributed by atoms with Crippen molar-refractivity contribution in [3.05, 3.63) is 47.0 Å². The van der Waals surface area contributed by atoms with E-state index >= 15 is 0 Å². The summed E-state index contributed by atoms with van der Waals surface area (Å²) in [5.41, 5.74) is 3.28. The van der Waals surface area contributed by atoms with Gasteiger partial charge in [0.05, 0.1) is 34.8 Å². The van der Waals surface area contributed by atoms with E-state index in [-0.39, 0.29) is 5.91 Å². The zero-order valence-electron chi connectivity index (χ0n) is 17.5. The van der Waals surface area contributed by atoms with Gasteiger partial charge in [0, 0.05) is 52.4 Å². The van der Waals surface area contributed by atoms with Crippen molar-refractivity contribution in [3.63, 3.8) is 0 Å². The van der Waals surface area contributed by atoms with Gasteiger partial charge in [0.1, 0.15) is 11.0 Å². The molecule has 0 unspecified atom stereocenters. The summed E-state index contributed by atoms with van der Waals surface area (Å²) in [6.45, 7) is 9.00. The molecule has 31 heavy (non-hydrogen) atoms. The summed E-state index contributed by atoms with van der Waals surface area (Å²) in [5.74, 6) is 0.0131. The molecule has 2 fully saturated rings. The molecule has 3 heterocycles. The van der Waals surface area contributed by atoms with Gasteiger partial charge < -0.3 is 9.64 Å². The number of nitrogens with zero attached hydrogens (tertiary/aromatic N) is 5. The summed E-state index contributed by atoms with van der Waals surface area (Å²) in [7, 11) is 0. The highest BCUT2D eigenvalue weighted by molar-refractivity contribution is 6.35. The summed E-state index contributed by atoms with van der Waals surface area (Å²) >= 11 is 6.33. The summed E-state index contributed by atoms with van der Waals surface area (Å²) in [6.07, 6.45) is 0. The van der Waals surface area contributed by atoms with E-state index in [0.717, 1.165) is 71.1 Å². The number of fused-ring (bicyclic) bond motifs is 2. The molecule has 8 heteroatoms. The number of carbonyl (C=O) groups excluding carboxylic acids is 1. The minimum Gasteiger partial charge on any atom is -0.379 e. The van der Waals surface area contributed by atoms with Crippen LogP contribution in [0.4, 0.5) is 0 Å². The van der Waals surface area contributed by atoms with E-state index < -0.39 is 0 Å². The molecule has 3 aromatic rings. The van der Waals surface area contributed by atoms with Crippen LogP contribution in [0.1, 0.15) is 10.4 Å². The summed E-state index contributed by atoms with van der Waals surface area (Å²) < 4.78 is 5.42. The van der Waals surface area contributed by atoms with Crippen LogP contribution in [0.2, 0.25) is 5.02 Å². The Labute approximate surface area is 186 Å². The van der Waals surface area contributed by atoms with Crippen molar-refractivity contribution in [1.29, 1.82) is 0 Å². The molecule has 5 rings (SSSR count). The Kier molecular flexibility index (Phi) is 6.00. The van der Waals surface area contributed by atoms with Gasteiger partial charge >= 0.3 is 0 Å². The van der Waals surface area contributed by atoms with Crippen LogP contribution in [0.15, 0.2) is 36.4 Å². The van der Waals surface area contributed by atoms with Crippen LogP contribution >= 0.6 is 11.6 Å². The van der Waals surface area contributed by atoms with E-state index in [2.05, 4.69) is 14.8 Å². The fourth-order valence-corrected chi connectivity index (χ4v) is 4.52. The largest absolute Gasteiger partial charge is 0.379 e. The van der Waals surface area contributed by atoms with Crippen LogP contribution in [-0.2, 0) is 4.74 Å². The second-order valence-corrected chi connectivity index (χ2v) is 8.50. The topological polar surface area (TPSA) is 61.8 Å². The quantitative estimate of drug-likeness (QED) is 0.582. The maximum Gasteiger partial charge on any atom is 0.256 e. The van der Waals surface area contributed by atoms with Crippen molar-refractivity contribution in [2.45, 2.75) is 0 Å². The number of ether oxygens (including phenoxy) is 1. The predicted molar refractivity (Wildman–Crippen MR) is 122 cm³/mol. The highest BCUT2D eigenvalue weighted by Gasteiger charge is 2.24. The molecule has 0 bridgehead atoms.